The van der Waals surface area contributed by atoms with Crippen LogP contribution in [0.15, 0.2) is 24.3 Å². The van der Waals surface area contributed by atoms with Crippen molar-refractivity contribution in [1.29, 1.82) is 0 Å². The number of ether oxygens (including phenoxy) is 1. The molecule has 4 aliphatic heterocycles. The molecule has 38 heavy (non-hydrogen) atoms. The highest BCUT2D eigenvalue weighted by Crippen LogP contribution is 2.59. The summed E-state index contributed by atoms with van der Waals surface area (Å²) in [7, 11) is 1.74. The predicted molar refractivity (Wildman–Crippen MR) is 146 cm³/mol. The number of fused-ring (bicyclic) bond motifs is 2. The SMILES string of the molecule is CC[C@@]12C=CCN(C)C(=O)[C@@H]1[C@H]1C(=O)N([C@@H](CO)C(C)C)C3C(=O)N(C(C)(C)CC(C)(C)C)CC=C[C@@]31O2. The third-order valence-electron chi connectivity index (χ3n) is 9.09. The van der Waals surface area contributed by atoms with Gasteiger partial charge in [-0.15, -0.1) is 0 Å². The zero-order valence-corrected chi connectivity index (χ0v) is 24.7. The monoisotopic (exact) mass is 529 g/mol. The zero-order chi connectivity index (χ0) is 28.4. The zero-order valence-electron chi connectivity index (χ0n) is 24.7. The Kier molecular flexibility index (Phi) is 7.18. The van der Waals surface area contributed by atoms with E-state index in [9.17, 15) is 19.5 Å². The summed E-state index contributed by atoms with van der Waals surface area (Å²) in [4.78, 5) is 48.2. The average molecular weight is 530 g/mol. The van der Waals surface area contributed by atoms with E-state index in [-0.39, 0.29) is 35.7 Å². The van der Waals surface area contributed by atoms with Gasteiger partial charge in [-0.1, -0.05) is 65.8 Å². The summed E-state index contributed by atoms with van der Waals surface area (Å²) in [5, 5.41) is 10.5. The lowest BCUT2D eigenvalue weighted by atomic mass is 9.73. The molecule has 0 radical (unpaired) electrons. The molecule has 8 nitrogen and oxygen atoms in total. The maximum atomic E-state index is 14.7. The van der Waals surface area contributed by atoms with Gasteiger partial charge < -0.3 is 24.5 Å². The van der Waals surface area contributed by atoms with Gasteiger partial charge in [-0.3, -0.25) is 14.4 Å². The van der Waals surface area contributed by atoms with Crippen LogP contribution >= 0.6 is 0 Å². The predicted octanol–water partition coefficient (Wildman–Crippen LogP) is 3.01. The molecule has 0 aromatic rings. The first-order chi connectivity index (χ1) is 17.6. The van der Waals surface area contributed by atoms with E-state index >= 15 is 0 Å². The fourth-order valence-electron chi connectivity index (χ4n) is 7.74. The third kappa shape index (κ3) is 4.23. The molecule has 0 bridgehead atoms. The van der Waals surface area contributed by atoms with E-state index in [0.29, 0.717) is 19.5 Å². The van der Waals surface area contributed by atoms with Gasteiger partial charge in [0.1, 0.15) is 11.6 Å². The second kappa shape index (κ2) is 9.47. The Bertz CT molecular complexity index is 1040. The molecule has 0 aliphatic carbocycles. The highest BCUT2D eigenvalue weighted by molar-refractivity contribution is 6.00. The number of nitrogens with zero attached hydrogens (tertiary/aromatic N) is 3. The van der Waals surface area contributed by atoms with Gasteiger partial charge in [0.25, 0.3) is 0 Å². The first kappa shape index (κ1) is 28.8. The highest BCUT2D eigenvalue weighted by atomic mass is 16.5. The van der Waals surface area contributed by atoms with Crippen LogP contribution < -0.4 is 0 Å². The van der Waals surface area contributed by atoms with Crippen LogP contribution in [0.3, 0.4) is 0 Å². The van der Waals surface area contributed by atoms with Crippen LogP contribution in [0.25, 0.3) is 0 Å². The number of amides is 3. The first-order valence-corrected chi connectivity index (χ1v) is 14.1. The van der Waals surface area contributed by atoms with Crippen molar-refractivity contribution in [2.75, 3.05) is 26.7 Å². The van der Waals surface area contributed by atoms with Gasteiger partial charge in [0.05, 0.1) is 30.1 Å². The fraction of sp³-hybridized carbons (Fsp3) is 0.767. The molecule has 0 aromatic heterocycles. The van der Waals surface area contributed by atoms with E-state index < -0.39 is 40.7 Å². The molecule has 3 amide bonds. The standard InChI is InChI=1S/C30H47N3O5/c1-10-29-13-11-15-31(9)24(35)21(29)22-25(36)33(20(17-34)19(2)3)23-26(37)32(16-12-14-30(22,23)38-29)28(7,8)18-27(4,5)6/h11-14,19-23,34H,10,15-18H2,1-9H3/t20-,21-,22-,23?,29+,30-/m0/s1. The number of aliphatic hydroxyl groups excluding tert-OH is 1. The molecule has 1 spiro atoms. The number of carbonyl (C=O) groups is 3. The van der Waals surface area contributed by atoms with Crippen molar-refractivity contribution >= 4 is 17.7 Å². The second-order valence-electron chi connectivity index (χ2n) is 13.9. The molecular formula is C30H47N3O5. The molecule has 1 N–H and O–H groups in total. The number of carbonyl (C=O) groups excluding carboxylic acids is 3. The molecule has 4 rings (SSSR count). The van der Waals surface area contributed by atoms with Crippen LogP contribution in [0.2, 0.25) is 0 Å². The lowest BCUT2D eigenvalue weighted by Gasteiger charge is -2.46. The molecule has 0 aromatic carbocycles. The highest BCUT2D eigenvalue weighted by Gasteiger charge is 2.76. The number of likely N-dealkylation sites (tertiary alicyclic amines) is 1. The molecule has 2 saturated heterocycles. The van der Waals surface area contributed by atoms with E-state index in [1.54, 1.807) is 16.8 Å². The molecule has 4 heterocycles. The van der Waals surface area contributed by atoms with Crippen molar-refractivity contribution in [3.63, 3.8) is 0 Å². The Morgan fingerprint density at radius 1 is 1.00 bits per heavy atom. The summed E-state index contributed by atoms with van der Waals surface area (Å²) in [6.07, 6.45) is 8.98. The first-order valence-electron chi connectivity index (χ1n) is 14.1. The number of hydrogen-bond donors (Lipinski definition) is 1. The Morgan fingerprint density at radius 3 is 2.18 bits per heavy atom. The molecule has 1 unspecified atom stereocenters. The Morgan fingerprint density at radius 2 is 1.63 bits per heavy atom. The molecular weight excluding hydrogens is 482 g/mol. The summed E-state index contributed by atoms with van der Waals surface area (Å²) < 4.78 is 6.99. The van der Waals surface area contributed by atoms with Gasteiger partial charge in [-0.2, -0.15) is 0 Å². The van der Waals surface area contributed by atoms with Crippen LogP contribution in [0.1, 0.15) is 68.2 Å². The molecule has 4 aliphatic rings. The lowest BCUT2D eigenvalue weighted by Crippen LogP contribution is -2.62. The van der Waals surface area contributed by atoms with Crippen molar-refractivity contribution in [2.45, 2.75) is 97.1 Å². The van der Waals surface area contributed by atoms with Crippen molar-refractivity contribution < 1.29 is 24.2 Å². The van der Waals surface area contributed by atoms with Crippen LogP contribution in [-0.2, 0) is 19.1 Å². The van der Waals surface area contributed by atoms with Gasteiger partial charge in [0.15, 0.2) is 0 Å². The van der Waals surface area contributed by atoms with Crippen LogP contribution in [0.5, 0.6) is 0 Å². The van der Waals surface area contributed by atoms with Gasteiger partial charge in [-0.05, 0) is 38.0 Å². The number of rotatable bonds is 6. The van der Waals surface area contributed by atoms with Gasteiger partial charge >= 0.3 is 0 Å². The quantitative estimate of drug-likeness (QED) is 0.535. The fourth-order valence-corrected chi connectivity index (χ4v) is 7.74. The Hall–Kier alpha value is -2.19. The van der Waals surface area contributed by atoms with Crippen molar-refractivity contribution in [3.8, 4) is 0 Å². The normalized spacial score (nSPS) is 34.4. The van der Waals surface area contributed by atoms with E-state index in [0.717, 1.165) is 6.42 Å². The van der Waals surface area contributed by atoms with Gasteiger partial charge in [0, 0.05) is 25.7 Å². The van der Waals surface area contributed by atoms with Crippen LogP contribution in [0, 0.1) is 23.2 Å². The lowest BCUT2D eigenvalue weighted by molar-refractivity contribution is -0.161. The molecule has 0 saturated carbocycles. The number of hydrogen-bond acceptors (Lipinski definition) is 5. The second-order valence-corrected chi connectivity index (χ2v) is 13.9. The molecule has 6 atom stereocenters. The molecule has 212 valence electrons. The van der Waals surface area contributed by atoms with E-state index in [4.69, 9.17) is 4.74 Å². The average Bonchev–Trinajstić information content (AvgIpc) is 3.09. The minimum atomic E-state index is -1.30. The number of likely N-dealkylation sites (N-methyl/N-ethyl adjacent to an activating group) is 1. The van der Waals surface area contributed by atoms with E-state index in [1.807, 2.05) is 50.0 Å². The van der Waals surface area contributed by atoms with Crippen LogP contribution in [-0.4, -0.2) is 93.1 Å². The molecule has 2 fully saturated rings. The topological polar surface area (TPSA) is 90.4 Å². The Balaban J connectivity index is 1.93. The van der Waals surface area contributed by atoms with Crippen molar-refractivity contribution in [2.24, 2.45) is 23.2 Å². The third-order valence-corrected chi connectivity index (χ3v) is 9.09. The number of aliphatic hydroxyl groups is 1. The van der Waals surface area contributed by atoms with E-state index in [1.165, 1.54) is 0 Å². The maximum absolute atomic E-state index is 14.7. The summed E-state index contributed by atoms with van der Waals surface area (Å²) in [5.41, 5.74) is -2.81. The summed E-state index contributed by atoms with van der Waals surface area (Å²) in [6, 6.07) is -1.55. The van der Waals surface area contributed by atoms with E-state index in [2.05, 4.69) is 34.6 Å². The Labute approximate surface area is 228 Å². The minimum Gasteiger partial charge on any atom is -0.394 e. The molecule has 8 heteroatoms. The summed E-state index contributed by atoms with van der Waals surface area (Å²) in [6.45, 7) is 17.0. The summed E-state index contributed by atoms with van der Waals surface area (Å²) in [5.74, 6) is -2.33. The smallest absolute Gasteiger partial charge is 0.249 e. The van der Waals surface area contributed by atoms with Gasteiger partial charge in [-0.25, -0.2) is 0 Å². The largest absolute Gasteiger partial charge is 0.394 e. The minimum absolute atomic E-state index is 0.0259. The van der Waals surface area contributed by atoms with Crippen LogP contribution in [0.4, 0.5) is 0 Å². The van der Waals surface area contributed by atoms with Crippen molar-refractivity contribution in [1.82, 2.24) is 14.7 Å². The van der Waals surface area contributed by atoms with Gasteiger partial charge in [0.2, 0.25) is 17.7 Å². The summed E-state index contributed by atoms with van der Waals surface area (Å²) >= 11 is 0. The maximum Gasteiger partial charge on any atom is 0.249 e. The van der Waals surface area contributed by atoms with Crippen molar-refractivity contribution in [3.05, 3.63) is 24.3 Å².